The van der Waals surface area contributed by atoms with E-state index in [1.165, 1.54) is 11.1 Å². The lowest BCUT2D eigenvalue weighted by Crippen LogP contribution is -2.51. The summed E-state index contributed by atoms with van der Waals surface area (Å²) in [5.74, 6) is 0.607. The monoisotopic (exact) mass is 669 g/mol. The van der Waals surface area contributed by atoms with E-state index >= 15 is 0 Å². The molecule has 262 valence electrons. The minimum atomic E-state index is -0.627. The first-order valence-electron chi connectivity index (χ1n) is 17.8. The zero-order chi connectivity index (χ0) is 34.4. The number of amides is 1. The van der Waals surface area contributed by atoms with Gasteiger partial charge >= 0.3 is 5.97 Å². The number of ether oxygens (including phenoxy) is 4. The van der Waals surface area contributed by atoms with E-state index in [9.17, 15) is 9.59 Å². The van der Waals surface area contributed by atoms with Gasteiger partial charge < -0.3 is 23.8 Å². The summed E-state index contributed by atoms with van der Waals surface area (Å²) in [4.78, 5) is 39.2. The molecule has 0 spiro atoms. The van der Waals surface area contributed by atoms with Gasteiger partial charge in [0, 0.05) is 31.3 Å². The van der Waals surface area contributed by atoms with Crippen LogP contribution in [0.5, 0.6) is 17.2 Å². The molecule has 2 aliphatic rings. The minimum absolute atomic E-state index is 0.0182. The van der Waals surface area contributed by atoms with Crippen LogP contribution in [0.15, 0.2) is 73.3 Å². The van der Waals surface area contributed by atoms with E-state index in [0.29, 0.717) is 30.2 Å². The molecule has 0 radical (unpaired) electrons. The van der Waals surface area contributed by atoms with Crippen LogP contribution in [0.25, 0.3) is 0 Å². The molecule has 9 heteroatoms. The van der Waals surface area contributed by atoms with E-state index in [0.717, 1.165) is 76.2 Å². The van der Waals surface area contributed by atoms with Crippen molar-refractivity contribution in [2.24, 2.45) is 5.92 Å². The average molecular weight is 670 g/mol. The van der Waals surface area contributed by atoms with Crippen LogP contribution in [-0.4, -0.2) is 66.8 Å². The number of esters is 1. The summed E-state index contributed by atoms with van der Waals surface area (Å²) in [5, 5.41) is 0. The average Bonchev–Trinajstić information content (AvgIpc) is 3.15. The minimum Gasteiger partial charge on any atom is -0.493 e. The summed E-state index contributed by atoms with van der Waals surface area (Å²) < 4.78 is 23.3. The molecule has 3 heterocycles. The van der Waals surface area contributed by atoms with Crippen molar-refractivity contribution < 1.29 is 28.5 Å². The lowest BCUT2D eigenvalue weighted by molar-refractivity contribution is -0.162. The smallest absolute Gasteiger partial charge is 0.329 e. The SMILES string of the molecule is COc1cc(C(C(=O)N2CCCC[C@H]2C(=O)OC(CCCc2cccnc2)CCCc2cccnc2)[C@@H]2C=CCCC2)cc(OC)c1OC. The van der Waals surface area contributed by atoms with Crippen LogP contribution in [0.2, 0.25) is 0 Å². The highest BCUT2D eigenvalue weighted by atomic mass is 16.5. The number of pyridine rings is 2. The van der Waals surface area contributed by atoms with E-state index in [4.69, 9.17) is 18.9 Å². The number of nitrogens with zero attached hydrogens (tertiary/aromatic N) is 3. The summed E-state index contributed by atoms with van der Waals surface area (Å²) in [5.41, 5.74) is 3.13. The fourth-order valence-electron chi connectivity index (χ4n) is 7.25. The Labute approximate surface area is 291 Å². The molecule has 1 aliphatic heterocycles. The fraction of sp³-hybridized carbons (Fsp3) is 0.500. The Hall–Kier alpha value is -4.40. The molecule has 1 aromatic carbocycles. The number of allylic oxidation sites excluding steroid dienone is 2. The highest BCUT2D eigenvalue weighted by molar-refractivity contribution is 5.90. The lowest BCUT2D eigenvalue weighted by Gasteiger charge is -2.39. The number of aryl methyl sites for hydroxylation is 2. The van der Waals surface area contributed by atoms with E-state index in [2.05, 4.69) is 34.3 Å². The van der Waals surface area contributed by atoms with Crippen LogP contribution >= 0.6 is 0 Å². The summed E-state index contributed by atoms with van der Waals surface area (Å²) in [7, 11) is 4.74. The van der Waals surface area contributed by atoms with Crippen LogP contribution in [0.1, 0.15) is 86.8 Å². The van der Waals surface area contributed by atoms with Crippen LogP contribution in [0, 0.1) is 5.92 Å². The number of aromatic nitrogens is 2. The van der Waals surface area contributed by atoms with Crippen LogP contribution in [0.4, 0.5) is 0 Å². The number of carbonyl (C=O) groups excluding carboxylic acids is 2. The molecule has 1 aliphatic carbocycles. The molecule has 0 saturated carbocycles. The van der Waals surface area contributed by atoms with Crippen molar-refractivity contribution in [3.8, 4) is 17.2 Å². The molecule has 3 atom stereocenters. The number of hydrogen-bond donors (Lipinski definition) is 0. The number of rotatable bonds is 16. The van der Waals surface area contributed by atoms with Gasteiger partial charge in [0.25, 0.3) is 0 Å². The van der Waals surface area contributed by atoms with Crippen molar-refractivity contribution in [1.82, 2.24) is 14.9 Å². The molecule has 2 aromatic heterocycles. The third-order valence-electron chi connectivity index (χ3n) is 9.80. The molecule has 1 fully saturated rings. The summed E-state index contributed by atoms with van der Waals surface area (Å²) >= 11 is 0. The van der Waals surface area contributed by atoms with Crippen molar-refractivity contribution >= 4 is 11.9 Å². The van der Waals surface area contributed by atoms with Crippen molar-refractivity contribution in [1.29, 1.82) is 0 Å². The van der Waals surface area contributed by atoms with Crippen molar-refractivity contribution in [3.05, 3.63) is 90.0 Å². The zero-order valence-corrected chi connectivity index (χ0v) is 29.2. The molecular formula is C40H51N3O6. The molecule has 0 bridgehead atoms. The molecular weight excluding hydrogens is 618 g/mol. The molecule has 9 nitrogen and oxygen atoms in total. The predicted octanol–water partition coefficient (Wildman–Crippen LogP) is 7.28. The Morgan fingerprint density at radius 1 is 0.857 bits per heavy atom. The number of methoxy groups -OCH3 is 3. The fourth-order valence-corrected chi connectivity index (χ4v) is 7.25. The topological polar surface area (TPSA) is 100 Å². The number of piperidine rings is 1. The van der Waals surface area contributed by atoms with Gasteiger partial charge in [0.1, 0.15) is 12.1 Å². The summed E-state index contributed by atoms with van der Waals surface area (Å²) in [6, 6.07) is 11.2. The maximum Gasteiger partial charge on any atom is 0.329 e. The van der Waals surface area contributed by atoms with Crippen LogP contribution < -0.4 is 14.2 Å². The van der Waals surface area contributed by atoms with Crippen molar-refractivity contribution in [2.75, 3.05) is 27.9 Å². The quantitative estimate of drug-likeness (QED) is 0.116. The predicted molar refractivity (Wildman–Crippen MR) is 189 cm³/mol. The van der Waals surface area contributed by atoms with Gasteiger partial charge in [0.2, 0.25) is 11.7 Å². The Kier molecular flexibility index (Phi) is 13.5. The van der Waals surface area contributed by atoms with Gasteiger partial charge in [-0.3, -0.25) is 14.8 Å². The first-order valence-corrected chi connectivity index (χ1v) is 17.8. The highest BCUT2D eigenvalue weighted by Gasteiger charge is 2.40. The Bertz CT molecular complexity index is 1440. The largest absolute Gasteiger partial charge is 0.493 e. The molecule has 3 aromatic rings. The van der Waals surface area contributed by atoms with Crippen molar-refractivity contribution in [2.45, 2.75) is 95.1 Å². The van der Waals surface area contributed by atoms with Gasteiger partial charge in [-0.1, -0.05) is 24.3 Å². The second-order valence-corrected chi connectivity index (χ2v) is 13.1. The van der Waals surface area contributed by atoms with Gasteiger partial charge in [-0.25, -0.2) is 4.79 Å². The van der Waals surface area contributed by atoms with Gasteiger partial charge in [-0.05, 0) is 124 Å². The third kappa shape index (κ3) is 9.61. The van der Waals surface area contributed by atoms with Crippen LogP contribution in [-0.2, 0) is 27.2 Å². The van der Waals surface area contributed by atoms with E-state index in [1.807, 2.05) is 36.7 Å². The Morgan fingerprint density at radius 2 is 1.51 bits per heavy atom. The molecule has 1 amide bonds. The maximum atomic E-state index is 14.8. The molecule has 49 heavy (non-hydrogen) atoms. The molecule has 0 N–H and O–H groups in total. The first kappa shape index (κ1) is 35.9. The van der Waals surface area contributed by atoms with Crippen LogP contribution in [0.3, 0.4) is 0 Å². The van der Waals surface area contributed by atoms with E-state index in [-0.39, 0.29) is 23.9 Å². The standard InChI is InChI=1S/C40H51N3O6/c1-46-35-25-32(26-36(47-2)38(35)48-3)37(31-17-5-4-6-18-31)39(44)43-24-8-7-21-34(43)40(45)49-33(19-9-13-29-15-11-22-41-27-29)20-10-14-30-16-12-23-42-28-30/h5,11-12,15-17,22-23,25-28,31,33-34,37H,4,6-10,13-14,18-21,24H2,1-3H3/t31-,34+,37?/m1/s1. The number of likely N-dealkylation sites (tertiary alicyclic amines) is 1. The Morgan fingerprint density at radius 3 is 2.04 bits per heavy atom. The first-order chi connectivity index (χ1) is 24.0. The van der Waals surface area contributed by atoms with Gasteiger partial charge in [0.15, 0.2) is 11.5 Å². The van der Waals surface area contributed by atoms with Gasteiger partial charge in [-0.2, -0.15) is 0 Å². The second kappa shape index (κ2) is 18.4. The van der Waals surface area contributed by atoms with Gasteiger partial charge in [-0.15, -0.1) is 0 Å². The molecule has 1 unspecified atom stereocenters. The second-order valence-electron chi connectivity index (χ2n) is 13.1. The molecule has 1 saturated heterocycles. The van der Waals surface area contributed by atoms with Crippen molar-refractivity contribution in [3.63, 3.8) is 0 Å². The zero-order valence-electron chi connectivity index (χ0n) is 29.2. The number of benzene rings is 1. The Balaban J connectivity index is 1.35. The van der Waals surface area contributed by atoms with E-state index < -0.39 is 12.0 Å². The number of hydrogen-bond acceptors (Lipinski definition) is 8. The van der Waals surface area contributed by atoms with E-state index in [1.54, 1.807) is 38.6 Å². The molecule has 5 rings (SSSR count). The normalized spacial score (nSPS) is 18.2. The van der Waals surface area contributed by atoms with Gasteiger partial charge in [0.05, 0.1) is 27.2 Å². The lowest BCUT2D eigenvalue weighted by atomic mass is 9.78. The highest BCUT2D eigenvalue weighted by Crippen LogP contribution is 2.44. The number of carbonyl (C=O) groups is 2. The third-order valence-corrected chi connectivity index (χ3v) is 9.80. The maximum absolute atomic E-state index is 14.8. The summed E-state index contributed by atoms with van der Waals surface area (Å²) in [6.07, 6.45) is 21.6. The summed E-state index contributed by atoms with van der Waals surface area (Å²) in [6.45, 7) is 0.517.